The van der Waals surface area contributed by atoms with E-state index in [1.807, 2.05) is 41.9 Å². The standard InChI is InChI=1S/C14H13N3O/c1-17-12-5-3-2-4-9(12)6-13(17)14(18)11-7-10(15)8-16-11/h2-8,16H,15H2,1H3. The molecule has 0 aliphatic rings. The Hall–Kier alpha value is -2.49. The topological polar surface area (TPSA) is 63.8 Å². The first-order valence-corrected chi connectivity index (χ1v) is 5.70. The highest BCUT2D eigenvalue weighted by Gasteiger charge is 2.16. The van der Waals surface area contributed by atoms with E-state index in [1.165, 1.54) is 0 Å². The number of nitrogens with one attached hydrogen (secondary N) is 1. The highest BCUT2D eigenvalue weighted by atomic mass is 16.1. The number of hydrogen-bond donors (Lipinski definition) is 2. The van der Waals surface area contributed by atoms with Crippen molar-refractivity contribution in [3.8, 4) is 0 Å². The number of nitrogens with zero attached hydrogens (tertiary/aromatic N) is 1. The van der Waals surface area contributed by atoms with Gasteiger partial charge in [-0.15, -0.1) is 0 Å². The molecule has 4 nitrogen and oxygen atoms in total. The summed E-state index contributed by atoms with van der Waals surface area (Å²) in [5.41, 5.74) is 8.39. The van der Waals surface area contributed by atoms with E-state index in [2.05, 4.69) is 4.98 Å². The number of rotatable bonds is 2. The van der Waals surface area contributed by atoms with Crippen molar-refractivity contribution in [1.82, 2.24) is 9.55 Å². The lowest BCUT2D eigenvalue weighted by Crippen LogP contribution is -2.07. The zero-order chi connectivity index (χ0) is 12.7. The number of fused-ring (bicyclic) bond motifs is 1. The predicted molar refractivity (Wildman–Crippen MR) is 71.6 cm³/mol. The van der Waals surface area contributed by atoms with Crippen molar-refractivity contribution < 1.29 is 4.79 Å². The maximum Gasteiger partial charge on any atom is 0.225 e. The fourth-order valence-corrected chi connectivity index (χ4v) is 2.19. The molecule has 0 atom stereocenters. The van der Waals surface area contributed by atoms with Gasteiger partial charge in [-0.3, -0.25) is 4.79 Å². The minimum atomic E-state index is -0.0506. The van der Waals surface area contributed by atoms with Gasteiger partial charge in [0.05, 0.1) is 11.4 Å². The van der Waals surface area contributed by atoms with Crippen LogP contribution in [0.15, 0.2) is 42.6 Å². The molecule has 0 radical (unpaired) electrons. The van der Waals surface area contributed by atoms with E-state index in [0.29, 0.717) is 17.1 Å². The number of anilines is 1. The smallest absolute Gasteiger partial charge is 0.225 e. The average molecular weight is 239 g/mol. The van der Waals surface area contributed by atoms with Crippen molar-refractivity contribution in [3.63, 3.8) is 0 Å². The minimum absolute atomic E-state index is 0.0506. The number of ketones is 1. The van der Waals surface area contributed by atoms with Crippen LogP contribution in [0.5, 0.6) is 0 Å². The van der Waals surface area contributed by atoms with Gasteiger partial charge in [-0.05, 0) is 18.2 Å². The van der Waals surface area contributed by atoms with Crippen LogP contribution in [-0.4, -0.2) is 15.3 Å². The summed E-state index contributed by atoms with van der Waals surface area (Å²) in [5.74, 6) is -0.0506. The van der Waals surface area contributed by atoms with Crippen LogP contribution in [0.25, 0.3) is 10.9 Å². The summed E-state index contributed by atoms with van der Waals surface area (Å²) in [4.78, 5) is 15.2. The predicted octanol–water partition coefficient (Wildman–Crippen LogP) is 2.32. The molecular weight excluding hydrogens is 226 g/mol. The Kier molecular flexibility index (Phi) is 2.23. The van der Waals surface area contributed by atoms with Gasteiger partial charge in [-0.25, -0.2) is 0 Å². The number of aromatic nitrogens is 2. The van der Waals surface area contributed by atoms with E-state index in [4.69, 9.17) is 5.73 Å². The molecule has 0 aliphatic carbocycles. The van der Waals surface area contributed by atoms with Gasteiger partial charge in [0.15, 0.2) is 0 Å². The Morgan fingerprint density at radius 1 is 1.28 bits per heavy atom. The van der Waals surface area contributed by atoms with E-state index in [1.54, 1.807) is 12.3 Å². The molecule has 0 unspecified atom stereocenters. The molecule has 2 heterocycles. The van der Waals surface area contributed by atoms with Crippen molar-refractivity contribution >= 4 is 22.4 Å². The van der Waals surface area contributed by atoms with Crippen molar-refractivity contribution in [2.24, 2.45) is 7.05 Å². The summed E-state index contributed by atoms with van der Waals surface area (Å²) in [5, 5.41) is 1.06. The number of H-pyrrole nitrogens is 1. The van der Waals surface area contributed by atoms with Gasteiger partial charge in [0, 0.05) is 29.8 Å². The highest BCUT2D eigenvalue weighted by molar-refractivity contribution is 6.09. The van der Waals surface area contributed by atoms with Crippen molar-refractivity contribution in [3.05, 3.63) is 54.0 Å². The SMILES string of the molecule is Cn1c(C(=O)c2cc(N)c[nH]2)cc2ccccc21. The second kappa shape index (κ2) is 3.77. The van der Waals surface area contributed by atoms with Crippen LogP contribution in [0.1, 0.15) is 16.2 Å². The molecule has 4 heteroatoms. The highest BCUT2D eigenvalue weighted by Crippen LogP contribution is 2.20. The molecule has 90 valence electrons. The lowest BCUT2D eigenvalue weighted by Gasteiger charge is -2.01. The molecular formula is C14H13N3O. The number of aryl methyl sites for hydroxylation is 1. The molecule has 0 spiro atoms. The molecule has 3 aromatic rings. The van der Waals surface area contributed by atoms with Crippen LogP contribution in [-0.2, 0) is 7.05 Å². The van der Waals surface area contributed by atoms with Crippen LogP contribution in [0, 0.1) is 0 Å². The number of hydrogen-bond acceptors (Lipinski definition) is 2. The Bertz CT molecular complexity index is 736. The molecule has 3 rings (SSSR count). The van der Waals surface area contributed by atoms with Crippen molar-refractivity contribution in [2.45, 2.75) is 0 Å². The van der Waals surface area contributed by atoms with Crippen LogP contribution in [0.2, 0.25) is 0 Å². The number of carbonyl (C=O) groups excluding carboxylic acids is 1. The molecule has 0 aliphatic heterocycles. The van der Waals surface area contributed by atoms with E-state index in [0.717, 1.165) is 10.9 Å². The number of nitrogen functional groups attached to an aromatic ring is 1. The Morgan fingerprint density at radius 3 is 2.72 bits per heavy atom. The summed E-state index contributed by atoms with van der Waals surface area (Å²) in [6.07, 6.45) is 1.62. The summed E-state index contributed by atoms with van der Waals surface area (Å²) in [7, 11) is 1.89. The van der Waals surface area contributed by atoms with Gasteiger partial charge >= 0.3 is 0 Å². The second-order valence-corrected chi connectivity index (χ2v) is 4.32. The molecule has 0 amide bonds. The fraction of sp³-hybridized carbons (Fsp3) is 0.0714. The van der Waals surface area contributed by atoms with Crippen molar-refractivity contribution in [2.75, 3.05) is 5.73 Å². The largest absolute Gasteiger partial charge is 0.397 e. The van der Waals surface area contributed by atoms with Gasteiger partial charge in [0.25, 0.3) is 0 Å². The maximum absolute atomic E-state index is 12.3. The van der Waals surface area contributed by atoms with Gasteiger partial charge in [-0.1, -0.05) is 18.2 Å². The van der Waals surface area contributed by atoms with Crippen molar-refractivity contribution in [1.29, 1.82) is 0 Å². The summed E-state index contributed by atoms with van der Waals surface area (Å²) < 4.78 is 1.90. The first kappa shape index (κ1) is 10.7. The van der Waals surface area contributed by atoms with Crippen LogP contribution >= 0.6 is 0 Å². The van der Waals surface area contributed by atoms with Crippen LogP contribution < -0.4 is 5.73 Å². The summed E-state index contributed by atoms with van der Waals surface area (Å²) in [6, 6.07) is 11.5. The van der Waals surface area contributed by atoms with Crippen LogP contribution in [0.4, 0.5) is 5.69 Å². The average Bonchev–Trinajstić information content (AvgIpc) is 2.94. The number of benzene rings is 1. The molecule has 3 N–H and O–H groups in total. The van der Waals surface area contributed by atoms with Gasteiger partial charge in [0.1, 0.15) is 0 Å². The normalized spacial score (nSPS) is 10.9. The Morgan fingerprint density at radius 2 is 2.06 bits per heavy atom. The molecule has 18 heavy (non-hydrogen) atoms. The number of aromatic amines is 1. The van der Waals surface area contributed by atoms with E-state index in [-0.39, 0.29) is 5.78 Å². The molecule has 1 aromatic carbocycles. The third kappa shape index (κ3) is 1.50. The van der Waals surface area contributed by atoms with Gasteiger partial charge in [-0.2, -0.15) is 0 Å². The maximum atomic E-state index is 12.3. The minimum Gasteiger partial charge on any atom is -0.397 e. The Balaban J connectivity index is 2.14. The fourth-order valence-electron chi connectivity index (χ4n) is 2.19. The molecule has 2 aromatic heterocycles. The lowest BCUT2D eigenvalue weighted by atomic mass is 10.2. The lowest BCUT2D eigenvalue weighted by molar-refractivity contribution is 0.102. The summed E-state index contributed by atoms with van der Waals surface area (Å²) >= 11 is 0. The Labute approximate surface area is 104 Å². The number of nitrogens with two attached hydrogens (primary N) is 1. The third-order valence-corrected chi connectivity index (χ3v) is 3.13. The second-order valence-electron chi connectivity index (χ2n) is 4.32. The first-order chi connectivity index (χ1) is 8.66. The first-order valence-electron chi connectivity index (χ1n) is 5.70. The molecule has 0 bridgehead atoms. The van der Waals surface area contributed by atoms with Crippen LogP contribution in [0.3, 0.4) is 0 Å². The number of carbonyl (C=O) groups is 1. The number of para-hydroxylation sites is 1. The zero-order valence-electron chi connectivity index (χ0n) is 9.97. The van der Waals surface area contributed by atoms with Gasteiger partial charge < -0.3 is 15.3 Å². The molecule has 0 saturated heterocycles. The molecule has 0 saturated carbocycles. The van der Waals surface area contributed by atoms with E-state index >= 15 is 0 Å². The zero-order valence-corrected chi connectivity index (χ0v) is 9.97. The van der Waals surface area contributed by atoms with Gasteiger partial charge in [0.2, 0.25) is 5.78 Å². The summed E-state index contributed by atoms with van der Waals surface area (Å²) in [6.45, 7) is 0. The van der Waals surface area contributed by atoms with E-state index in [9.17, 15) is 4.79 Å². The van der Waals surface area contributed by atoms with E-state index < -0.39 is 0 Å². The molecule has 0 fully saturated rings. The quantitative estimate of drug-likeness (QED) is 0.674. The third-order valence-electron chi connectivity index (χ3n) is 3.13. The monoisotopic (exact) mass is 239 g/mol.